The molecule has 1 aliphatic rings. The van der Waals surface area contributed by atoms with Gasteiger partial charge in [-0.05, 0) is 14.1 Å². The maximum Gasteiger partial charge on any atom is 0.189 e. The molecule has 1 atom stereocenters. The number of guanidine groups is 1. The summed E-state index contributed by atoms with van der Waals surface area (Å²) in [5.41, 5.74) is 5.21. The smallest absolute Gasteiger partial charge is 0.189 e. The molecular formula is C5H12N4. The average molecular weight is 128 g/mol. The number of hydrogen-bond acceptors (Lipinski definition) is 2. The number of nitrogens with zero attached hydrogens (tertiary/aromatic N) is 2. The molecule has 1 fully saturated rings. The van der Waals surface area contributed by atoms with Gasteiger partial charge < -0.3 is 10.6 Å². The Balaban J connectivity index is 2.33. The molecule has 0 spiro atoms. The summed E-state index contributed by atoms with van der Waals surface area (Å²) in [5.74, 6) is 0.175. The molecule has 0 saturated carbocycles. The van der Waals surface area contributed by atoms with Crippen LogP contribution in [-0.4, -0.2) is 42.6 Å². The standard InChI is InChI=1S/C5H12N4/c1-8(2)4-3-9(4)5(6)7/h4H,3H2,1-2H3,(H3,6,7). The van der Waals surface area contributed by atoms with Crippen LogP contribution in [0.1, 0.15) is 0 Å². The van der Waals surface area contributed by atoms with E-state index in [1.165, 1.54) is 0 Å². The predicted molar refractivity (Wildman–Crippen MR) is 36.1 cm³/mol. The van der Waals surface area contributed by atoms with E-state index in [4.69, 9.17) is 11.1 Å². The van der Waals surface area contributed by atoms with Crippen molar-refractivity contribution in [3.05, 3.63) is 0 Å². The fourth-order valence-electron chi connectivity index (χ4n) is 0.830. The molecule has 4 heteroatoms. The fraction of sp³-hybridized carbons (Fsp3) is 0.800. The van der Waals surface area contributed by atoms with E-state index in [9.17, 15) is 0 Å². The lowest BCUT2D eigenvalue weighted by Gasteiger charge is -2.08. The molecule has 52 valence electrons. The van der Waals surface area contributed by atoms with Crippen LogP contribution in [0.15, 0.2) is 0 Å². The van der Waals surface area contributed by atoms with Crippen LogP contribution in [0.2, 0.25) is 0 Å². The second-order valence-electron chi connectivity index (χ2n) is 2.48. The van der Waals surface area contributed by atoms with E-state index in [0.29, 0.717) is 6.17 Å². The van der Waals surface area contributed by atoms with Crippen molar-refractivity contribution < 1.29 is 0 Å². The van der Waals surface area contributed by atoms with E-state index in [1.807, 2.05) is 23.9 Å². The largest absolute Gasteiger partial charge is 0.370 e. The highest BCUT2D eigenvalue weighted by atomic mass is 15.5. The summed E-state index contributed by atoms with van der Waals surface area (Å²) in [7, 11) is 3.96. The molecule has 0 aromatic carbocycles. The highest BCUT2D eigenvalue weighted by molar-refractivity contribution is 5.77. The Kier molecular flexibility index (Phi) is 1.32. The molecule has 3 N–H and O–H groups in total. The number of rotatable bonds is 1. The average Bonchev–Trinajstić information content (AvgIpc) is 2.39. The first-order valence-corrected chi connectivity index (χ1v) is 2.90. The van der Waals surface area contributed by atoms with Gasteiger partial charge in [0.25, 0.3) is 0 Å². The quantitative estimate of drug-likeness (QED) is 0.273. The van der Waals surface area contributed by atoms with Crippen molar-refractivity contribution in [1.82, 2.24) is 9.80 Å². The van der Waals surface area contributed by atoms with Gasteiger partial charge >= 0.3 is 0 Å². The summed E-state index contributed by atoms with van der Waals surface area (Å²) in [5, 5.41) is 7.01. The Morgan fingerprint density at radius 3 is 2.44 bits per heavy atom. The predicted octanol–water partition coefficient (Wildman–Crippen LogP) is -0.917. The molecule has 0 aromatic rings. The second kappa shape index (κ2) is 1.88. The zero-order valence-corrected chi connectivity index (χ0v) is 5.76. The topological polar surface area (TPSA) is 56.1 Å². The maximum atomic E-state index is 7.01. The maximum absolute atomic E-state index is 7.01. The van der Waals surface area contributed by atoms with Gasteiger partial charge in [-0.1, -0.05) is 0 Å². The van der Waals surface area contributed by atoms with Crippen molar-refractivity contribution in [3.63, 3.8) is 0 Å². The lowest BCUT2D eigenvalue weighted by Crippen LogP contribution is -2.27. The molecule has 0 aromatic heterocycles. The fourth-order valence-corrected chi connectivity index (χ4v) is 0.830. The zero-order valence-electron chi connectivity index (χ0n) is 5.76. The number of nitrogens with two attached hydrogens (primary N) is 1. The normalized spacial score (nSPS) is 24.8. The molecule has 1 rings (SSSR count). The van der Waals surface area contributed by atoms with Gasteiger partial charge in [0.05, 0.1) is 6.54 Å². The summed E-state index contributed by atoms with van der Waals surface area (Å²) in [6.07, 6.45) is 0.377. The number of nitrogens with one attached hydrogen (secondary N) is 1. The van der Waals surface area contributed by atoms with Crippen LogP contribution >= 0.6 is 0 Å². The molecule has 1 saturated heterocycles. The molecular weight excluding hydrogens is 116 g/mol. The first-order valence-electron chi connectivity index (χ1n) is 2.90. The molecule has 1 heterocycles. The molecule has 4 nitrogen and oxygen atoms in total. The third-order valence-electron chi connectivity index (χ3n) is 1.49. The lowest BCUT2D eigenvalue weighted by atomic mass is 10.7. The number of hydrogen-bond donors (Lipinski definition) is 2. The first kappa shape index (κ1) is 6.35. The summed E-state index contributed by atoms with van der Waals surface area (Å²) >= 11 is 0. The van der Waals surface area contributed by atoms with E-state index >= 15 is 0 Å². The highest BCUT2D eigenvalue weighted by Crippen LogP contribution is 2.16. The van der Waals surface area contributed by atoms with Crippen LogP contribution in [0.5, 0.6) is 0 Å². The van der Waals surface area contributed by atoms with Crippen molar-refractivity contribution in [2.24, 2.45) is 5.73 Å². The molecule has 0 amide bonds. The van der Waals surface area contributed by atoms with Crippen LogP contribution in [0.3, 0.4) is 0 Å². The molecule has 0 aliphatic carbocycles. The summed E-state index contributed by atoms with van der Waals surface area (Å²) in [6.45, 7) is 0.905. The van der Waals surface area contributed by atoms with Crippen LogP contribution in [0.4, 0.5) is 0 Å². The Morgan fingerprint density at radius 2 is 2.33 bits per heavy atom. The van der Waals surface area contributed by atoms with Crippen molar-refractivity contribution >= 4 is 5.96 Å². The third kappa shape index (κ3) is 1.13. The van der Waals surface area contributed by atoms with Gasteiger partial charge in [0.15, 0.2) is 5.96 Å². The van der Waals surface area contributed by atoms with Crippen LogP contribution in [-0.2, 0) is 0 Å². The van der Waals surface area contributed by atoms with Crippen molar-refractivity contribution in [2.75, 3.05) is 20.6 Å². The van der Waals surface area contributed by atoms with Gasteiger partial charge in [-0.2, -0.15) is 0 Å². The highest BCUT2D eigenvalue weighted by Gasteiger charge is 2.36. The van der Waals surface area contributed by atoms with E-state index in [0.717, 1.165) is 6.54 Å². The molecule has 0 radical (unpaired) electrons. The van der Waals surface area contributed by atoms with Gasteiger partial charge in [0.1, 0.15) is 6.17 Å². The van der Waals surface area contributed by atoms with Gasteiger partial charge in [-0.15, -0.1) is 0 Å². The minimum Gasteiger partial charge on any atom is -0.370 e. The summed E-state index contributed by atoms with van der Waals surface area (Å²) in [4.78, 5) is 3.86. The number of likely N-dealkylation sites (N-methyl/N-ethyl adjacent to an activating group) is 1. The van der Waals surface area contributed by atoms with Gasteiger partial charge in [-0.3, -0.25) is 10.3 Å². The molecule has 1 aliphatic heterocycles. The summed E-state index contributed by atoms with van der Waals surface area (Å²) < 4.78 is 0. The molecule has 1 unspecified atom stereocenters. The van der Waals surface area contributed by atoms with Gasteiger partial charge in [-0.25, -0.2) is 0 Å². The Bertz CT molecular complexity index is 131. The zero-order chi connectivity index (χ0) is 7.02. The molecule has 0 bridgehead atoms. The minimum atomic E-state index is 0.175. The van der Waals surface area contributed by atoms with Gasteiger partial charge in [0, 0.05) is 0 Å². The van der Waals surface area contributed by atoms with E-state index < -0.39 is 0 Å². The Hall–Kier alpha value is -0.770. The van der Waals surface area contributed by atoms with Gasteiger partial charge in [0.2, 0.25) is 0 Å². The van der Waals surface area contributed by atoms with Crippen LogP contribution in [0, 0.1) is 5.41 Å². The van der Waals surface area contributed by atoms with Crippen LogP contribution in [0.25, 0.3) is 0 Å². The Labute approximate surface area is 54.7 Å². The van der Waals surface area contributed by atoms with Crippen molar-refractivity contribution in [2.45, 2.75) is 6.17 Å². The lowest BCUT2D eigenvalue weighted by molar-refractivity contribution is 0.355. The van der Waals surface area contributed by atoms with E-state index in [2.05, 4.69) is 0 Å². The molecule has 9 heavy (non-hydrogen) atoms. The van der Waals surface area contributed by atoms with Crippen molar-refractivity contribution in [1.29, 1.82) is 5.41 Å². The van der Waals surface area contributed by atoms with Crippen LogP contribution < -0.4 is 5.73 Å². The second-order valence-corrected chi connectivity index (χ2v) is 2.48. The van der Waals surface area contributed by atoms with E-state index in [1.54, 1.807) is 0 Å². The third-order valence-corrected chi connectivity index (χ3v) is 1.49. The van der Waals surface area contributed by atoms with E-state index in [-0.39, 0.29) is 5.96 Å². The Morgan fingerprint density at radius 1 is 1.78 bits per heavy atom. The summed E-state index contributed by atoms with van der Waals surface area (Å²) in [6, 6.07) is 0. The first-order chi connectivity index (χ1) is 4.13. The monoisotopic (exact) mass is 128 g/mol. The SMILES string of the molecule is CN(C)C1CN1C(=N)N. The van der Waals surface area contributed by atoms with Crippen molar-refractivity contribution in [3.8, 4) is 0 Å². The minimum absolute atomic E-state index is 0.175.